The fraction of sp³-hybridized carbons (Fsp3) is 0.429. The quantitative estimate of drug-likeness (QED) is 0.729. The summed E-state index contributed by atoms with van der Waals surface area (Å²) in [7, 11) is 0. The molecule has 1 saturated heterocycles. The molecule has 1 aromatic rings. The zero-order chi connectivity index (χ0) is 11.2. The Morgan fingerprint density at radius 1 is 1.44 bits per heavy atom. The molecule has 2 heteroatoms. The number of thioether (sulfide) groups is 1. The summed E-state index contributed by atoms with van der Waals surface area (Å²) in [6.07, 6.45) is 4.55. The lowest BCUT2D eigenvalue weighted by Crippen LogP contribution is -2.05. The molecule has 1 aromatic carbocycles. The van der Waals surface area contributed by atoms with Crippen LogP contribution in [0.15, 0.2) is 36.6 Å². The first kappa shape index (κ1) is 11.6. The standard InChI is InChI=1S/C14H18OS/c1-12(13-6-3-2-4-7-13)10-15-11-14-8-5-9-16-14/h2-4,6-7,10,14H,5,8-9,11H2,1H3/b12-10-. The highest BCUT2D eigenvalue weighted by atomic mass is 32.2. The van der Waals surface area contributed by atoms with Crippen molar-refractivity contribution in [3.05, 3.63) is 42.2 Å². The predicted molar refractivity (Wildman–Crippen MR) is 71.5 cm³/mol. The summed E-state index contributed by atoms with van der Waals surface area (Å²) >= 11 is 2.04. The molecular formula is C14H18OS. The summed E-state index contributed by atoms with van der Waals surface area (Å²) in [5.41, 5.74) is 2.44. The maximum absolute atomic E-state index is 5.65. The minimum atomic E-state index is 0.708. The summed E-state index contributed by atoms with van der Waals surface area (Å²) < 4.78 is 5.65. The van der Waals surface area contributed by atoms with E-state index in [1.807, 2.05) is 24.1 Å². The molecular weight excluding hydrogens is 216 g/mol. The molecule has 1 aliphatic heterocycles. The van der Waals surface area contributed by atoms with Gasteiger partial charge in [0, 0.05) is 5.25 Å². The zero-order valence-corrected chi connectivity index (χ0v) is 10.5. The number of ether oxygens (including phenoxy) is 1. The van der Waals surface area contributed by atoms with Gasteiger partial charge in [-0.05, 0) is 36.7 Å². The number of allylic oxidation sites excluding steroid dienone is 1. The molecule has 1 unspecified atom stereocenters. The average Bonchev–Trinajstić information content (AvgIpc) is 2.83. The van der Waals surface area contributed by atoms with Gasteiger partial charge in [0.25, 0.3) is 0 Å². The van der Waals surface area contributed by atoms with Gasteiger partial charge in [-0.15, -0.1) is 0 Å². The smallest absolute Gasteiger partial charge is 0.0992 e. The molecule has 2 rings (SSSR count). The van der Waals surface area contributed by atoms with E-state index in [0.29, 0.717) is 5.25 Å². The van der Waals surface area contributed by atoms with Gasteiger partial charge in [0.2, 0.25) is 0 Å². The van der Waals surface area contributed by atoms with Crippen LogP contribution in [0.5, 0.6) is 0 Å². The van der Waals surface area contributed by atoms with Gasteiger partial charge in [0.05, 0.1) is 12.9 Å². The van der Waals surface area contributed by atoms with Gasteiger partial charge < -0.3 is 4.74 Å². The normalized spacial score (nSPS) is 21.1. The van der Waals surface area contributed by atoms with Gasteiger partial charge in [-0.25, -0.2) is 0 Å². The van der Waals surface area contributed by atoms with Gasteiger partial charge in [-0.2, -0.15) is 11.8 Å². The van der Waals surface area contributed by atoms with Crippen molar-refractivity contribution in [1.29, 1.82) is 0 Å². The van der Waals surface area contributed by atoms with Crippen molar-refractivity contribution in [2.45, 2.75) is 25.0 Å². The van der Waals surface area contributed by atoms with Crippen molar-refractivity contribution in [3.8, 4) is 0 Å². The first-order valence-electron chi connectivity index (χ1n) is 5.81. The largest absolute Gasteiger partial charge is 0.500 e. The summed E-state index contributed by atoms with van der Waals surface area (Å²) in [5, 5.41) is 0.708. The van der Waals surface area contributed by atoms with E-state index in [-0.39, 0.29) is 0 Å². The fourth-order valence-electron chi connectivity index (χ4n) is 1.83. The van der Waals surface area contributed by atoms with Crippen molar-refractivity contribution in [2.24, 2.45) is 0 Å². The van der Waals surface area contributed by atoms with Crippen LogP contribution in [-0.2, 0) is 4.74 Å². The van der Waals surface area contributed by atoms with E-state index in [9.17, 15) is 0 Å². The summed E-state index contributed by atoms with van der Waals surface area (Å²) in [5.74, 6) is 1.30. The van der Waals surface area contributed by atoms with Crippen LogP contribution >= 0.6 is 11.8 Å². The SMILES string of the molecule is C/C(=C/OCC1CCCS1)c1ccccc1. The van der Waals surface area contributed by atoms with Crippen LogP contribution in [0.1, 0.15) is 25.3 Å². The third-order valence-electron chi connectivity index (χ3n) is 2.80. The minimum Gasteiger partial charge on any atom is -0.500 e. The van der Waals surface area contributed by atoms with Crippen LogP contribution in [0.3, 0.4) is 0 Å². The van der Waals surface area contributed by atoms with E-state index in [4.69, 9.17) is 4.74 Å². The Morgan fingerprint density at radius 2 is 2.25 bits per heavy atom. The highest BCUT2D eigenvalue weighted by Crippen LogP contribution is 2.26. The Balaban J connectivity index is 1.82. The second-order valence-electron chi connectivity index (χ2n) is 4.14. The maximum atomic E-state index is 5.65. The Labute approximate surface area is 102 Å². The molecule has 1 atom stereocenters. The van der Waals surface area contributed by atoms with Crippen LogP contribution in [0.25, 0.3) is 5.57 Å². The summed E-state index contributed by atoms with van der Waals surface area (Å²) in [6.45, 7) is 2.95. The molecule has 1 nitrogen and oxygen atoms in total. The average molecular weight is 234 g/mol. The topological polar surface area (TPSA) is 9.23 Å². The molecule has 16 heavy (non-hydrogen) atoms. The molecule has 0 saturated carbocycles. The summed E-state index contributed by atoms with van der Waals surface area (Å²) in [6, 6.07) is 10.4. The van der Waals surface area contributed by atoms with Crippen LogP contribution in [0, 0.1) is 0 Å². The molecule has 1 heterocycles. The number of benzene rings is 1. The molecule has 1 fully saturated rings. The van der Waals surface area contributed by atoms with Crippen LogP contribution in [-0.4, -0.2) is 17.6 Å². The lowest BCUT2D eigenvalue weighted by atomic mass is 10.1. The van der Waals surface area contributed by atoms with Crippen LogP contribution in [0.2, 0.25) is 0 Å². The second kappa shape index (κ2) is 6.00. The van der Waals surface area contributed by atoms with Crippen molar-refractivity contribution in [1.82, 2.24) is 0 Å². The molecule has 0 N–H and O–H groups in total. The van der Waals surface area contributed by atoms with Crippen LogP contribution < -0.4 is 0 Å². The number of hydrogen-bond acceptors (Lipinski definition) is 2. The first-order valence-corrected chi connectivity index (χ1v) is 6.86. The van der Waals surface area contributed by atoms with E-state index in [2.05, 4.69) is 31.2 Å². The van der Waals surface area contributed by atoms with Crippen molar-refractivity contribution >= 4 is 17.3 Å². The Bertz CT molecular complexity index is 339. The lowest BCUT2D eigenvalue weighted by Gasteiger charge is -2.08. The van der Waals surface area contributed by atoms with E-state index < -0.39 is 0 Å². The van der Waals surface area contributed by atoms with Gasteiger partial charge in [0.1, 0.15) is 0 Å². The molecule has 0 radical (unpaired) electrons. The Morgan fingerprint density at radius 3 is 2.94 bits per heavy atom. The van der Waals surface area contributed by atoms with Crippen LogP contribution in [0.4, 0.5) is 0 Å². The number of rotatable bonds is 4. The van der Waals surface area contributed by atoms with Crippen molar-refractivity contribution in [3.63, 3.8) is 0 Å². The third-order valence-corrected chi connectivity index (χ3v) is 4.16. The lowest BCUT2D eigenvalue weighted by molar-refractivity contribution is 0.250. The molecule has 1 aliphatic rings. The van der Waals surface area contributed by atoms with E-state index >= 15 is 0 Å². The third kappa shape index (κ3) is 3.31. The summed E-state index contributed by atoms with van der Waals surface area (Å²) in [4.78, 5) is 0. The Hall–Kier alpha value is -0.890. The molecule has 86 valence electrons. The van der Waals surface area contributed by atoms with Gasteiger partial charge >= 0.3 is 0 Å². The van der Waals surface area contributed by atoms with Crippen molar-refractivity contribution in [2.75, 3.05) is 12.4 Å². The monoisotopic (exact) mass is 234 g/mol. The molecule has 0 bridgehead atoms. The van der Waals surface area contributed by atoms with E-state index in [0.717, 1.165) is 6.61 Å². The van der Waals surface area contributed by atoms with Crippen molar-refractivity contribution < 1.29 is 4.74 Å². The molecule has 0 aliphatic carbocycles. The Kier molecular flexibility index (Phi) is 4.34. The van der Waals surface area contributed by atoms with E-state index in [1.165, 1.54) is 29.7 Å². The molecule has 0 amide bonds. The highest BCUT2D eigenvalue weighted by Gasteiger charge is 2.15. The fourth-order valence-corrected chi connectivity index (χ4v) is 3.00. The highest BCUT2D eigenvalue weighted by molar-refractivity contribution is 8.00. The molecule has 0 aromatic heterocycles. The predicted octanol–water partition coefficient (Wildman–Crippen LogP) is 3.96. The maximum Gasteiger partial charge on any atom is 0.0992 e. The van der Waals surface area contributed by atoms with E-state index in [1.54, 1.807) is 0 Å². The molecule has 0 spiro atoms. The van der Waals surface area contributed by atoms with Gasteiger partial charge in [-0.3, -0.25) is 0 Å². The zero-order valence-electron chi connectivity index (χ0n) is 9.69. The van der Waals surface area contributed by atoms with Gasteiger partial charge in [-0.1, -0.05) is 30.3 Å². The first-order chi connectivity index (χ1) is 7.86. The number of hydrogen-bond donors (Lipinski definition) is 0. The minimum absolute atomic E-state index is 0.708. The second-order valence-corrected chi connectivity index (χ2v) is 5.54. The van der Waals surface area contributed by atoms with Gasteiger partial charge in [0.15, 0.2) is 0 Å².